The number of fused-ring (bicyclic) bond motifs is 1. The highest BCUT2D eigenvalue weighted by molar-refractivity contribution is 7.08. The third-order valence-electron chi connectivity index (χ3n) is 5.86. The molecule has 5 rings (SSSR count). The van der Waals surface area contributed by atoms with Crippen molar-refractivity contribution in [2.24, 2.45) is 4.99 Å². The fourth-order valence-corrected chi connectivity index (χ4v) is 4.71. The van der Waals surface area contributed by atoms with Crippen molar-refractivity contribution in [1.29, 1.82) is 0 Å². The Morgan fingerprint density at radius 2 is 2.05 bits per heavy atom. The van der Waals surface area contributed by atoms with Crippen LogP contribution in [0.3, 0.4) is 0 Å². The molecule has 0 radical (unpaired) electrons. The van der Waals surface area contributed by atoms with Crippen molar-refractivity contribution in [3.63, 3.8) is 0 Å². The number of ether oxygens (including phenoxy) is 4. The van der Waals surface area contributed by atoms with Gasteiger partial charge in [0.25, 0.3) is 5.91 Å². The van der Waals surface area contributed by atoms with E-state index in [0.717, 1.165) is 16.9 Å². The minimum atomic E-state index is -0.678. The van der Waals surface area contributed by atoms with Crippen molar-refractivity contribution in [2.75, 3.05) is 31.2 Å². The molecule has 10 nitrogen and oxygen atoms in total. The number of anilines is 2. The Balaban J connectivity index is 1.25. The van der Waals surface area contributed by atoms with Gasteiger partial charge in [0.05, 0.1) is 44.6 Å². The van der Waals surface area contributed by atoms with E-state index in [-0.39, 0.29) is 12.0 Å². The molecule has 4 heterocycles. The summed E-state index contributed by atoms with van der Waals surface area (Å²) < 4.78 is 22.7. The highest BCUT2D eigenvalue weighted by atomic mass is 32.1. The quantitative estimate of drug-likeness (QED) is 0.421. The number of methoxy groups -OCH3 is 2. The van der Waals surface area contributed by atoms with Crippen LogP contribution in [0.1, 0.15) is 25.0 Å². The normalized spacial score (nSPS) is 18.1. The van der Waals surface area contributed by atoms with E-state index in [1.807, 2.05) is 42.1 Å². The Hall–Kier alpha value is -4.09. The number of amides is 1. The molecule has 3 aromatic rings. The molecule has 2 aliphatic rings. The first-order chi connectivity index (χ1) is 18.1. The summed E-state index contributed by atoms with van der Waals surface area (Å²) in [5.74, 6) is 2.45. The molecule has 2 unspecified atom stereocenters. The first kappa shape index (κ1) is 24.6. The maximum atomic E-state index is 13.0. The molecule has 1 aromatic carbocycles. The maximum Gasteiger partial charge on any atom is 0.252 e. The molecule has 0 saturated carbocycles. The molecule has 0 saturated heterocycles. The SMILES string of the molecule is CCOC1=CN(c2ccsc2)NC1C(=O)Nc1ccc(OC2CC=Nc3cc(OC)c(OC)cc32)cn1. The molecule has 2 aliphatic heterocycles. The van der Waals surface area contributed by atoms with Crippen LogP contribution in [0.5, 0.6) is 17.2 Å². The van der Waals surface area contributed by atoms with Crippen molar-refractivity contribution in [1.82, 2.24) is 10.4 Å². The Bertz CT molecular complexity index is 1310. The number of benzene rings is 1. The highest BCUT2D eigenvalue weighted by Gasteiger charge is 2.33. The van der Waals surface area contributed by atoms with Gasteiger partial charge in [-0.3, -0.25) is 14.8 Å². The molecule has 0 bridgehead atoms. The summed E-state index contributed by atoms with van der Waals surface area (Å²) in [5.41, 5.74) is 5.77. The summed E-state index contributed by atoms with van der Waals surface area (Å²) in [7, 11) is 3.18. The molecule has 37 heavy (non-hydrogen) atoms. The van der Waals surface area contributed by atoms with Gasteiger partial charge in [0.15, 0.2) is 17.5 Å². The zero-order valence-corrected chi connectivity index (χ0v) is 21.5. The number of carbonyl (C=O) groups is 1. The number of carbonyl (C=O) groups excluding carboxylic acids is 1. The largest absolute Gasteiger partial charge is 0.494 e. The number of aromatic nitrogens is 1. The molecule has 2 atom stereocenters. The van der Waals surface area contributed by atoms with Crippen molar-refractivity contribution < 1.29 is 23.7 Å². The second-order valence-corrected chi connectivity index (χ2v) is 8.95. The van der Waals surface area contributed by atoms with Crippen molar-refractivity contribution in [3.8, 4) is 17.2 Å². The average molecular weight is 522 g/mol. The second kappa shape index (κ2) is 10.9. The van der Waals surface area contributed by atoms with Crippen LogP contribution in [-0.4, -0.2) is 44.0 Å². The number of pyridine rings is 1. The van der Waals surface area contributed by atoms with Crippen LogP contribution in [-0.2, 0) is 9.53 Å². The lowest BCUT2D eigenvalue weighted by Gasteiger charge is -2.24. The minimum Gasteiger partial charge on any atom is -0.494 e. The third-order valence-corrected chi connectivity index (χ3v) is 6.53. The molecule has 11 heteroatoms. The Morgan fingerprint density at radius 1 is 1.22 bits per heavy atom. The summed E-state index contributed by atoms with van der Waals surface area (Å²) in [5, 5.41) is 8.58. The minimum absolute atomic E-state index is 0.265. The van der Waals surface area contributed by atoms with Gasteiger partial charge in [0.1, 0.15) is 23.4 Å². The van der Waals surface area contributed by atoms with E-state index in [2.05, 4.69) is 20.7 Å². The number of hydrogen-bond acceptors (Lipinski definition) is 10. The summed E-state index contributed by atoms with van der Waals surface area (Å²) in [4.78, 5) is 21.9. The predicted octanol–water partition coefficient (Wildman–Crippen LogP) is 4.60. The van der Waals surface area contributed by atoms with Gasteiger partial charge in [-0.15, -0.1) is 0 Å². The molecule has 0 aliphatic carbocycles. The lowest BCUT2D eigenvalue weighted by molar-refractivity contribution is -0.117. The number of hydrazine groups is 1. The van der Waals surface area contributed by atoms with Gasteiger partial charge in [0, 0.05) is 29.6 Å². The van der Waals surface area contributed by atoms with E-state index >= 15 is 0 Å². The van der Waals surface area contributed by atoms with E-state index in [4.69, 9.17) is 18.9 Å². The van der Waals surface area contributed by atoms with Gasteiger partial charge < -0.3 is 24.3 Å². The molecule has 0 spiro atoms. The summed E-state index contributed by atoms with van der Waals surface area (Å²) in [6.45, 7) is 2.33. The van der Waals surface area contributed by atoms with E-state index in [0.29, 0.717) is 41.9 Å². The van der Waals surface area contributed by atoms with Crippen LogP contribution < -0.4 is 30.0 Å². The number of hydrogen-bond donors (Lipinski definition) is 2. The molecule has 2 aromatic heterocycles. The smallest absolute Gasteiger partial charge is 0.252 e. The summed E-state index contributed by atoms with van der Waals surface area (Å²) >= 11 is 1.57. The fourth-order valence-electron chi connectivity index (χ4n) is 4.09. The predicted molar refractivity (Wildman–Crippen MR) is 142 cm³/mol. The zero-order chi connectivity index (χ0) is 25.8. The summed E-state index contributed by atoms with van der Waals surface area (Å²) in [6, 6.07) is 8.47. The van der Waals surface area contributed by atoms with Gasteiger partial charge in [0.2, 0.25) is 0 Å². The van der Waals surface area contributed by atoms with Crippen LogP contribution in [0.4, 0.5) is 17.2 Å². The number of thiophene rings is 1. The van der Waals surface area contributed by atoms with Crippen molar-refractivity contribution >= 4 is 40.7 Å². The second-order valence-electron chi connectivity index (χ2n) is 8.17. The van der Waals surface area contributed by atoms with E-state index in [1.165, 1.54) is 0 Å². The lowest BCUT2D eigenvalue weighted by atomic mass is 10.0. The lowest BCUT2D eigenvalue weighted by Crippen LogP contribution is -2.44. The number of aliphatic imine (C=N–C) groups is 1. The fraction of sp³-hybridized carbons (Fsp3) is 0.269. The van der Waals surface area contributed by atoms with Crippen molar-refractivity contribution in [3.05, 3.63) is 64.8 Å². The molecular weight excluding hydrogens is 494 g/mol. The first-order valence-corrected chi connectivity index (χ1v) is 12.7. The Kier molecular flexibility index (Phi) is 7.24. The van der Waals surface area contributed by atoms with Crippen LogP contribution in [0.15, 0.2) is 64.2 Å². The van der Waals surface area contributed by atoms with Gasteiger partial charge in [-0.1, -0.05) is 0 Å². The van der Waals surface area contributed by atoms with Crippen LogP contribution in [0, 0.1) is 0 Å². The maximum absolute atomic E-state index is 13.0. The highest BCUT2D eigenvalue weighted by Crippen LogP contribution is 2.41. The Labute approximate surface area is 218 Å². The number of rotatable bonds is 9. The van der Waals surface area contributed by atoms with E-state index < -0.39 is 6.04 Å². The molecule has 1 amide bonds. The standard InChI is InChI=1S/C26H27N5O5S/c1-4-35-23-14-31(16-8-10-37-15-16)30-25(23)26(32)29-24-6-5-17(13-28-24)36-20-7-9-27-19-12-22(34-3)21(33-2)11-18(19)20/h5-6,8-15,20,25,30H,4,7H2,1-3H3,(H,28,29,32). The van der Waals surface area contributed by atoms with Gasteiger partial charge >= 0.3 is 0 Å². The average Bonchev–Trinajstić information content (AvgIpc) is 3.60. The zero-order valence-electron chi connectivity index (χ0n) is 20.6. The molecule has 192 valence electrons. The summed E-state index contributed by atoms with van der Waals surface area (Å²) in [6.07, 6.45) is 5.52. The van der Waals surface area contributed by atoms with Crippen LogP contribution in [0.2, 0.25) is 0 Å². The van der Waals surface area contributed by atoms with Gasteiger partial charge in [-0.05, 0) is 36.6 Å². The first-order valence-electron chi connectivity index (χ1n) is 11.7. The third kappa shape index (κ3) is 5.23. The molecule has 2 N–H and O–H groups in total. The van der Waals surface area contributed by atoms with Crippen molar-refractivity contribution in [2.45, 2.75) is 25.5 Å². The molecular formula is C26H27N5O5S. The van der Waals surface area contributed by atoms with Gasteiger partial charge in [-0.25, -0.2) is 10.4 Å². The monoisotopic (exact) mass is 521 g/mol. The Morgan fingerprint density at radius 3 is 2.76 bits per heavy atom. The van der Waals surface area contributed by atoms with Crippen LogP contribution >= 0.6 is 11.3 Å². The molecule has 0 fully saturated rings. The van der Waals surface area contributed by atoms with E-state index in [1.54, 1.807) is 55.1 Å². The number of nitrogens with zero attached hydrogens (tertiary/aromatic N) is 3. The van der Waals surface area contributed by atoms with Gasteiger partial charge in [-0.2, -0.15) is 11.3 Å². The van der Waals surface area contributed by atoms with Crippen LogP contribution in [0.25, 0.3) is 0 Å². The van der Waals surface area contributed by atoms with E-state index in [9.17, 15) is 4.79 Å². The topological polar surface area (TPSA) is 107 Å². The number of nitrogens with one attached hydrogen (secondary N) is 2.